The first-order chi connectivity index (χ1) is 8.84. The van der Waals surface area contributed by atoms with Crippen molar-refractivity contribution in [2.75, 3.05) is 26.2 Å². The van der Waals surface area contributed by atoms with Crippen molar-refractivity contribution in [3.05, 3.63) is 0 Å². The molecule has 0 aliphatic carbocycles. The number of piperidine rings is 1. The molecule has 4 heteroatoms. The second-order valence-corrected chi connectivity index (χ2v) is 6.63. The van der Waals surface area contributed by atoms with E-state index in [1.165, 1.54) is 12.8 Å². The van der Waals surface area contributed by atoms with Crippen LogP contribution in [0.1, 0.15) is 47.0 Å². The monoisotopic (exact) mass is 270 g/mol. The quantitative estimate of drug-likeness (QED) is 0.777. The van der Waals surface area contributed by atoms with E-state index in [1.54, 1.807) is 0 Å². The van der Waals surface area contributed by atoms with Crippen LogP contribution < -0.4 is 5.73 Å². The molecule has 0 aromatic heterocycles. The summed E-state index contributed by atoms with van der Waals surface area (Å²) in [6, 6.07) is -0.472. The Balaban J connectivity index is 2.25. The molecule has 0 amide bonds. The third-order valence-corrected chi connectivity index (χ3v) is 4.16. The number of nitrogens with zero attached hydrogens (tertiary/aromatic N) is 1. The summed E-state index contributed by atoms with van der Waals surface area (Å²) in [4.78, 5) is 13.9. The Morgan fingerprint density at radius 3 is 2.42 bits per heavy atom. The summed E-state index contributed by atoms with van der Waals surface area (Å²) in [5, 5.41) is 0. The summed E-state index contributed by atoms with van der Waals surface area (Å²) in [5.74, 6) is 0.537. The predicted octanol–water partition coefficient (Wildman–Crippen LogP) is 2.02. The lowest BCUT2D eigenvalue weighted by Crippen LogP contribution is -2.41. The van der Waals surface area contributed by atoms with Gasteiger partial charge in [-0.3, -0.25) is 4.79 Å². The Morgan fingerprint density at radius 1 is 1.37 bits per heavy atom. The summed E-state index contributed by atoms with van der Waals surface area (Å²) in [5.41, 5.74) is 6.23. The predicted molar refractivity (Wildman–Crippen MR) is 77.8 cm³/mol. The highest BCUT2D eigenvalue weighted by atomic mass is 16.5. The van der Waals surface area contributed by atoms with Crippen molar-refractivity contribution >= 4 is 5.97 Å². The van der Waals surface area contributed by atoms with Gasteiger partial charge in [0.05, 0.1) is 6.61 Å². The van der Waals surface area contributed by atoms with E-state index < -0.39 is 6.04 Å². The average Bonchev–Trinajstić information content (AvgIpc) is 2.35. The van der Waals surface area contributed by atoms with Crippen molar-refractivity contribution in [1.29, 1.82) is 0 Å². The van der Waals surface area contributed by atoms with Crippen molar-refractivity contribution in [3.63, 3.8) is 0 Å². The number of carbonyl (C=O) groups excluding carboxylic acids is 1. The SMILES string of the molecule is CCOC(=O)C(N)CCN1CCC(C(C)(C)C)CC1. The normalized spacial score (nSPS) is 20.3. The molecule has 0 radical (unpaired) electrons. The van der Waals surface area contributed by atoms with E-state index in [4.69, 9.17) is 10.5 Å². The van der Waals surface area contributed by atoms with Crippen LogP contribution in [0.3, 0.4) is 0 Å². The third-order valence-electron chi connectivity index (χ3n) is 4.16. The van der Waals surface area contributed by atoms with Crippen LogP contribution in [0.2, 0.25) is 0 Å². The first-order valence-electron chi connectivity index (χ1n) is 7.49. The molecule has 0 spiro atoms. The van der Waals surface area contributed by atoms with Gasteiger partial charge in [-0.15, -0.1) is 0 Å². The maximum Gasteiger partial charge on any atom is 0.322 e. The largest absolute Gasteiger partial charge is 0.465 e. The third kappa shape index (κ3) is 5.49. The van der Waals surface area contributed by atoms with Crippen molar-refractivity contribution in [3.8, 4) is 0 Å². The molecule has 0 aromatic rings. The van der Waals surface area contributed by atoms with Gasteiger partial charge in [0.15, 0.2) is 0 Å². The maximum atomic E-state index is 11.4. The standard InChI is InChI=1S/C15H30N2O2/c1-5-19-14(18)13(16)8-11-17-9-6-12(7-10-17)15(2,3)4/h12-13H,5-11,16H2,1-4H3. The van der Waals surface area contributed by atoms with Gasteiger partial charge in [-0.25, -0.2) is 0 Å². The van der Waals surface area contributed by atoms with Gasteiger partial charge in [-0.1, -0.05) is 20.8 Å². The van der Waals surface area contributed by atoms with E-state index in [0.29, 0.717) is 18.4 Å². The second kappa shape index (κ2) is 7.25. The molecule has 1 heterocycles. The van der Waals surface area contributed by atoms with Gasteiger partial charge < -0.3 is 15.4 Å². The fourth-order valence-electron chi connectivity index (χ4n) is 2.71. The maximum absolute atomic E-state index is 11.4. The topological polar surface area (TPSA) is 55.6 Å². The number of hydrogen-bond donors (Lipinski definition) is 1. The summed E-state index contributed by atoms with van der Waals surface area (Å²) in [7, 11) is 0. The highest BCUT2D eigenvalue weighted by Crippen LogP contribution is 2.34. The van der Waals surface area contributed by atoms with Gasteiger partial charge in [0.25, 0.3) is 0 Å². The lowest BCUT2D eigenvalue weighted by atomic mass is 9.75. The van der Waals surface area contributed by atoms with E-state index in [2.05, 4.69) is 25.7 Å². The lowest BCUT2D eigenvalue weighted by molar-refractivity contribution is -0.144. The fraction of sp³-hybridized carbons (Fsp3) is 0.933. The number of carbonyl (C=O) groups is 1. The Morgan fingerprint density at radius 2 is 1.95 bits per heavy atom. The number of hydrogen-bond acceptors (Lipinski definition) is 4. The van der Waals surface area contributed by atoms with Crippen LogP contribution >= 0.6 is 0 Å². The molecule has 1 aliphatic rings. The smallest absolute Gasteiger partial charge is 0.322 e. The minimum atomic E-state index is -0.472. The van der Waals surface area contributed by atoms with Crippen molar-refractivity contribution in [1.82, 2.24) is 4.90 Å². The molecule has 2 N–H and O–H groups in total. The zero-order valence-electron chi connectivity index (χ0n) is 12.9. The lowest BCUT2D eigenvalue weighted by Gasteiger charge is -2.39. The molecule has 0 saturated carbocycles. The van der Waals surface area contributed by atoms with Gasteiger partial charge in [-0.05, 0) is 50.6 Å². The number of esters is 1. The molecule has 0 bridgehead atoms. The molecule has 4 nitrogen and oxygen atoms in total. The Bertz CT molecular complexity index is 278. The van der Waals surface area contributed by atoms with Gasteiger partial charge in [0.1, 0.15) is 6.04 Å². The number of ether oxygens (including phenoxy) is 1. The fourth-order valence-corrected chi connectivity index (χ4v) is 2.71. The van der Waals surface area contributed by atoms with Crippen molar-refractivity contribution in [2.24, 2.45) is 17.1 Å². The van der Waals surface area contributed by atoms with Crippen LogP contribution in [0.25, 0.3) is 0 Å². The van der Waals surface area contributed by atoms with E-state index in [-0.39, 0.29) is 5.97 Å². The average molecular weight is 270 g/mol. The van der Waals surface area contributed by atoms with E-state index in [0.717, 1.165) is 25.6 Å². The zero-order chi connectivity index (χ0) is 14.5. The molecule has 1 fully saturated rings. The summed E-state index contributed by atoms with van der Waals surface area (Å²) >= 11 is 0. The van der Waals surface area contributed by atoms with E-state index in [9.17, 15) is 4.79 Å². The van der Waals surface area contributed by atoms with Crippen molar-refractivity contribution < 1.29 is 9.53 Å². The van der Waals surface area contributed by atoms with Crippen LogP contribution in [0, 0.1) is 11.3 Å². The summed E-state index contributed by atoms with van der Waals surface area (Å²) in [6.45, 7) is 12.3. The first-order valence-corrected chi connectivity index (χ1v) is 7.49. The highest BCUT2D eigenvalue weighted by molar-refractivity contribution is 5.75. The Hall–Kier alpha value is -0.610. The molecule has 1 aliphatic heterocycles. The molecular weight excluding hydrogens is 240 g/mol. The minimum absolute atomic E-state index is 0.271. The van der Waals surface area contributed by atoms with Crippen LogP contribution in [-0.4, -0.2) is 43.2 Å². The first kappa shape index (κ1) is 16.4. The molecule has 19 heavy (non-hydrogen) atoms. The molecule has 112 valence electrons. The molecule has 1 unspecified atom stereocenters. The second-order valence-electron chi connectivity index (χ2n) is 6.63. The van der Waals surface area contributed by atoms with E-state index >= 15 is 0 Å². The van der Waals surface area contributed by atoms with Gasteiger partial charge in [0, 0.05) is 6.54 Å². The minimum Gasteiger partial charge on any atom is -0.465 e. The van der Waals surface area contributed by atoms with Gasteiger partial charge in [0.2, 0.25) is 0 Å². The number of likely N-dealkylation sites (tertiary alicyclic amines) is 1. The Labute approximate surface area is 117 Å². The molecular formula is C15H30N2O2. The molecule has 0 aromatic carbocycles. The van der Waals surface area contributed by atoms with Gasteiger partial charge >= 0.3 is 5.97 Å². The van der Waals surface area contributed by atoms with Crippen LogP contribution in [0.4, 0.5) is 0 Å². The molecule has 1 atom stereocenters. The molecule has 1 rings (SSSR count). The van der Waals surface area contributed by atoms with Gasteiger partial charge in [-0.2, -0.15) is 0 Å². The van der Waals surface area contributed by atoms with Crippen LogP contribution in [0.5, 0.6) is 0 Å². The van der Waals surface area contributed by atoms with Crippen LogP contribution in [0.15, 0.2) is 0 Å². The van der Waals surface area contributed by atoms with E-state index in [1.807, 2.05) is 6.92 Å². The van der Waals surface area contributed by atoms with Crippen LogP contribution in [-0.2, 0) is 9.53 Å². The molecule has 1 saturated heterocycles. The Kier molecular flexibility index (Phi) is 6.27. The summed E-state index contributed by atoms with van der Waals surface area (Å²) in [6.07, 6.45) is 3.19. The van der Waals surface area contributed by atoms with Crippen molar-refractivity contribution in [2.45, 2.75) is 53.0 Å². The zero-order valence-corrected chi connectivity index (χ0v) is 12.9. The summed E-state index contributed by atoms with van der Waals surface area (Å²) < 4.78 is 4.92. The number of nitrogens with two attached hydrogens (primary N) is 1. The number of rotatable bonds is 5. The highest BCUT2D eigenvalue weighted by Gasteiger charge is 2.28.